The molecule has 2 fully saturated rings. The first-order chi connectivity index (χ1) is 10.9. The molecule has 2 heterocycles. The summed E-state index contributed by atoms with van der Waals surface area (Å²) in [4.78, 5) is 0. The van der Waals surface area contributed by atoms with Gasteiger partial charge in [0.15, 0.2) is 0 Å². The van der Waals surface area contributed by atoms with E-state index in [-0.39, 0.29) is 37.8 Å². The molecule has 27 heavy (non-hydrogen) atoms. The monoisotopic (exact) mass is 427 g/mol. The number of nitrogens with zero attached hydrogens (tertiary/aromatic N) is 3. The second-order valence-corrected chi connectivity index (χ2v) is 13.1. The summed E-state index contributed by atoms with van der Waals surface area (Å²) in [5.74, 6) is 0. The lowest BCUT2D eigenvalue weighted by Crippen LogP contribution is -3.00. The smallest absolute Gasteiger partial charge is 0.277 e. The van der Waals surface area contributed by atoms with E-state index in [1.165, 1.54) is 25.9 Å². The zero-order valence-corrected chi connectivity index (χ0v) is 19.0. The highest BCUT2D eigenvalue weighted by atomic mass is 35.5. The zero-order valence-electron chi connectivity index (χ0n) is 17.3. The molecule has 0 aromatic carbocycles. The number of hydrogen-bond donors (Lipinski definition) is 0. The standard InChI is InChI=1S/C18H39N3O2P.2CH4.ClH/c1-17(2,3)16-23-24(22,18(4,5)6)20-12-10-19(11-13-20)21(7)14-8-9-15-21;;;/h8-16H2,1-7H3;2*1H4;1H/q+1;;;/p-1. The number of halogens is 1. The van der Waals surface area contributed by atoms with Crippen LogP contribution in [0.15, 0.2) is 0 Å². The molecular weight excluding hydrogens is 381 g/mol. The molecular formula is C20H47ClN3O2P. The summed E-state index contributed by atoms with van der Waals surface area (Å²) >= 11 is 0. The Morgan fingerprint density at radius 2 is 1.37 bits per heavy atom. The van der Waals surface area contributed by atoms with Gasteiger partial charge in [-0.25, -0.2) is 9.26 Å². The Labute approximate surface area is 176 Å². The van der Waals surface area contributed by atoms with Gasteiger partial charge in [0, 0.05) is 25.9 Å². The number of likely N-dealkylation sites (tertiary alicyclic amines) is 1. The van der Waals surface area contributed by atoms with Crippen LogP contribution in [0.1, 0.15) is 69.2 Å². The van der Waals surface area contributed by atoms with Crippen molar-refractivity contribution < 1.29 is 26.1 Å². The summed E-state index contributed by atoms with van der Waals surface area (Å²) in [6.07, 6.45) is 2.65. The van der Waals surface area contributed by atoms with Crippen molar-refractivity contribution in [1.82, 2.24) is 9.68 Å². The number of piperazine rings is 1. The van der Waals surface area contributed by atoms with Crippen molar-refractivity contribution in [2.24, 2.45) is 5.41 Å². The molecule has 0 aliphatic carbocycles. The lowest BCUT2D eigenvalue weighted by molar-refractivity contribution is -1.01. The van der Waals surface area contributed by atoms with E-state index in [0.717, 1.165) is 30.8 Å². The number of hydrogen-bond acceptors (Lipinski definition) is 3. The first-order valence-corrected chi connectivity index (χ1v) is 11.1. The summed E-state index contributed by atoms with van der Waals surface area (Å²) in [7, 11) is -0.506. The van der Waals surface area contributed by atoms with Crippen LogP contribution in [0.25, 0.3) is 0 Å². The van der Waals surface area contributed by atoms with Crippen LogP contribution in [0.5, 0.6) is 0 Å². The minimum atomic E-state index is -2.86. The molecule has 0 bridgehead atoms. The van der Waals surface area contributed by atoms with Gasteiger partial charge in [-0.05, 0) is 26.2 Å². The Morgan fingerprint density at radius 3 is 1.74 bits per heavy atom. The largest absolute Gasteiger partial charge is 1.00 e. The third kappa shape index (κ3) is 6.97. The molecule has 2 saturated heterocycles. The maximum Gasteiger partial charge on any atom is 0.277 e. The maximum atomic E-state index is 13.8. The highest BCUT2D eigenvalue weighted by Crippen LogP contribution is 2.62. The average molecular weight is 428 g/mol. The molecule has 1 unspecified atom stereocenters. The highest BCUT2D eigenvalue weighted by Gasteiger charge is 2.47. The molecule has 2 rings (SSSR count). The Morgan fingerprint density at radius 1 is 0.926 bits per heavy atom. The van der Waals surface area contributed by atoms with Gasteiger partial charge in [0.2, 0.25) is 0 Å². The van der Waals surface area contributed by atoms with Crippen molar-refractivity contribution in [2.75, 3.05) is 52.9 Å². The molecule has 0 aromatic rings. The minimum Gasteiger partial charge on any atom is -1.00 e. The molecule has 166 valence electrons. The van der Waals surface area contributed by atoms with Crippen molar-refractivity contribution in [3.05, 3.63) is 0 Å². The Hall–Kier alpha value is 0.360. The van der Waals surface area contributed by atoms with Crippen LogP contribution >= 0.6 is 7.52 Å². The molecule has 7 heteroatoms. The third-order valence-corrected chi connectivity index (χ3v) is 8.66. The van der Waals surface area contributed by atoms with E-state index in [0.29, 0.717) is 6.61 Å². The van der Waals surface area contributed by atoms with E-state index in [9.17, 15) is 4.57 Å². The fraction of sp³-hybridized carbons (Fsp3) is 1.00. The van der Waals surface area contributed by atoms with E-state index in [2.05, 4.69) is 58.3 Å². The van der Waals surface area contributed by atoms with Crippen LogP contribution in [-0.4, -0.2) is 72.4 Å². The predicted molar refractivity (Wildman–Crippen MR) is 115 cm³/mol. The van der Waals surface area contributed by atoms with E-state index in [1.807, 2.05) is 0 Å². The molecule has 0 saturated carbocycles. The highest BCUT2D eigenvalue weighted by molar-refractivity contribution is 7.58. The van der Waals surface area contributed by atoms with Crippen LogP contribution in [0, 0.1) is 5.41 Å². The van der Waals surface area contributed by atoms with Crippen molar-refractivity contribution >= 4 is 7.52 Å². The van der Waals surface area contributed by atoms with E-state index in [4.69, 9.17) is 4.52 Å². The SMILES string of the molecule is C.C.CC(C)(C)COP(=O)(N1CCN([N+]2(C)CCCC2)CC1)C(C)(C)C.[Cl-]. The van der Waals surface area contributed by atoms with Gasteiger partial charge in [-0.15, -0.1) is 0 Å². The second-order valence-electron chi connectivity index (χ2n) is 9.93. The van der Waals surface area contributed by atoms with Gasteiger partial charge in [0.1, 0.15) is 0 Å². The summed E-state index contributed by atoms with van der Waals surface area (Å²) in [5.41, 5.74) is 0.0247. The van der Waals surface area contributed by atoms with Crippen LogP contribution in [0.3, 0.4) is 0 Å². The molecule has 2 aliphatic heterocycles. The van der Waals surface area contributed by atoms with Gasteiger partial charge < -0.3 is 16.9 Å². The molecule has 0 radical (unpaired) electrons. The van der Waals surface area contributed by atoms with Crippen LogP contribution in [0.2, 0.25) is 0 Å². The van der Waals surface area contributed by atoms with Crippen molar-refractivity contribution in [2.45, 2.75) is 74.4 Å². The second kappa shape index (κ2) is 10.4. The molecule has 0 spiro atoms. The van der Waals surface area contributed by atoms with Gasteiger partial charge in [0.05, 0.1) is 45.0 Å². The summed E-state index contributed by atoms with van der Waals surface area (Å²) in [6, 6.07) is 0. The normalized spacial score (nSPS) is 23.5. The summed E-state index contributed by atoms with van der Waals surface area (Å²) < 4.78 is 23.2. The van der Waals surface area contributed by atoms with Crippen molar-refractivity contribution in [1.29, 1.82) is 0 Å². The maximum absolute atomic E-state index is 13.8. The van der Waals surface area contributed by atoms with Gasteiger partial charge in [-0.2, -0.15) is 5.01 Å². The fourth-order valence-corrected chi connectivity index (χ4v) is 6.38. The number of rotatable bonds is 4. The molecule has 2 aliphatic rings. The Bertz CT molecular complexity index is 475. The van der Waals surface area contributed by atoms with E-state index < -0.39 is 7.52 Å². The lowest BCUT2D eigenvalue weighted by atomic mass is 9.99. The molecule has 1 atom stereocenters. The van der Waals surface area contributed by atoms with E-state index >= 15 is 0 Å². The molecule has 5 nitrogen and oxygen atoms in total. The van der Waals surface area contributed by atoms with Crippen molar-refractivity contribution in [3.63, 3.8) is 0 Å². The van der Waals surface area contributed by atoms with Gasteiger partial charge in [0.25, 0.3) is 7.52 Å². The molecule has 0 aromatic heterocycles. The zero-order chi connectivity index (χ0) is 18.2. The van der Waals surface area contributed by atoms with Crippen LogP contribution < -0.4 is 12.4 Å². The third-order valence-electron chi connectivity index (χ3n) is 5.34. The minimum absolute atomic E-state index is 0. The summed E-state index contributed by atoms with van der Waals surface area (Å²) in [5, 5.41) is 2.22. The van der Waals surface area contributed by atoms with Crippen LogP contribution in [-0.2, 0) is 9.09 Å². The topological polar surface area (TPSA) is 32.8 Å². The number of quaternary nitrogens is 1. The van der Waals surface area contributed by atoms with Gasteiger partial charge in [-0.3, -0.25) is 4.57 Å². The molecule has 0 amide bonds. The quantitative estimate of drug-likeness (QED) is 0.508. The lowest BCUT2D eigenvalue weighted by Gasteiger charge is -2.47. The molecule has 0 N–H and O–H groups in total. The first-order valence-electron chi connectivity index (χ1n) is 9.48. The van der Waals surface area contributed by atoms with E-state index in [1.54, 1.807) is 0 Å². The van der Waals surface area contributed by atoms with Crippen LogP contribution in [0.4, 0.5) is 0 Å². The van der Waals surface area contributed by atoms with Gasteiger partial charge >= 0.3 is 0 Å². The Balaban J connectivity index is 0. The Kier molecular flexibility index (Phi) is 11.4. The fourth-order valence-electron chi connectivity index (χ4n) is 3.71. The average Bonchev–Trinajstić information content (AvgIpc) is 2.91. The predicted octanol–water partition coefficient (Wildman–Crippen LogP) is 2.09. The summed E-state index contributed by atoms with van der Waals surface area (Å²) in [6.45, 7) is 19.2. The van der Waals surface area contributed by atoms with Crippen molar-refractivity contribution in [3.8, 4) is 0 Å². The van der Waals surface area contributed by atoms with Gasteiger partial charge in [-0.1, -0.05) is 35.6 Å². The first kappa shape index (κ1) is 29.6.